The number of benzene rings is 2. The molecule has 3 atom stereocenters. The van der Waals surface area contributed by atoms with E-state index >= 15 is 0 Å². The first-order valence-electron chi connectivity index (χ1n) is 10.2. The van der Waals surface area contributed by atoms with Crippen LogP contribution in [-0.4, -0.2) is 18.2 Å². The van der Waals surface area contributed by atoms with E-state index in [-0.39, 0.29) is 5.75 Å². The van der Waals surface area contributed by atoms with Crippen LogP contribution in [-0.2, 0) is 17.6 Å². The fourth-order valence-electron chi connectivity index (χ4n) is 5.43. The molecule has 3 nitrogen and oxygen atoms in total. The van der Waals surface area contributed by atoms with Gasteiger partial charge in [0.1, 0.15) is 11.3 Å². The molecule has 0 saturated heterocycles. The second-order valence-corrected chi connectivity index (χ2v) is 8.06. The lowest BCUT2D eigenvalue weighted by atomic mass is 9.62. The molecule has 0 aromatic heterocycles. The molecule has 1 saturated carbocycles. The summed E-state index contributed by atoms with van der Waals surface area (Å²) in [5, 5.41) is 10.2. The molecule has 1 fully saturated rings. The summed E-state index contributed by atoms with van der Waals surface area (Å²) in [4.78, 5) is 12.2. The van der Waals surface area contributed by atoms with Crippen LogP contribution in [0.25, 0.3) is 0 Å². The molecule has 3 heteroatoms. The minimum absolute atomic E-state index is 0.0129. The Balaban J connectivity index is 1.62. The van der Waals surface area contributed by atoms with Crippen molar-refractivity contribution in [1.29, 1.82) is 0 Å². The van der Waals surface area contributed by atoms with Crippen molar-refractivity contribution < 1.29 is 14.6 Å². The van der Waals surface area contributed by atoms with Crippen LogP contribution in [0.3, 0.4) is 0 Å². The highest BCUT2D eigenvalue weighted by molar-refractivity contribution is 5.94. The van der Waals surface area contributed by atoms with Crippen LogP contribution in [0.5, 0.6) is 5.75 Å². The maximum atomic E-state index is 12.2. The van der Waals surface area contributed by atoms with Gasteiger partial charge in [-0.1, -0.05) is 49.2 Å². The molecule has 4 rings (SSSR count). The fraction of sp³-hybridized carbons (Fsp3) is 0.458. The Morgan fingerprint density at radius 3 is 2.78 bits per heavy atom. The highest BCUT2D eigenvalue weighted by Crippen LogP contribution is 2.48. The van der Waals surface area contributed by atoms with Crippen LogP contribution >= 0.6 is 0 Å². The average Bonchev–Trinajstić information content (AvgIpc) is 2.70. The van der Waals surface area contributed by atoms with Crippen LogP contribution in [0.2, 0.25) is 0 Å². The SMILES string of the molecule is COC(=O)c1c(O)cccc1CC[C@@H]1c2ccccc2C[C@@H]2CCCC[C@H]21. The van der Waals surface area contributed by atoms with Gasteiger partial charge in [-0.15, -0.1) is 0 Å². The van der Waals surface area contributed by atoms with Crippen LogP contribution in [0.1, 0.15) is 65.1 Å². The molecule has 2 aliphatic carbocycles. The summed E-state index contributed by atoms with van der Waals surface area (Å²) < 4.78 is 4.89. The number of ether oxygens (including phenoxy) is 1. The zero-order chi connectivity index (χ0) is 18.8. The number of rotatable bonds is 4. The summed E-state index contributed by atoms with van der Waals surface area (Å²) in [6.07, 6.45) is 8.35. The zero-order valence-corrected chi connectivity index (χ0v) is 16.0. The van der Waals surface area contributed by atoms with Crippen molar-refractivity contribution in [3.63, 3.8) is 0 Å². The molecule has 0 bridgehead atoms. The highest BCUT2D eigenvalue weighted by atomic mass is 16.5. The normalized spacial score (nSPS) is 24.0. The van der Waals surface area contributed by atoms with E-state index in [0.717, 1.165) is 30.2 Å². The van der Waals surface area contributed by atoms with E-state index in [1.165, 1.54) is 50.3 Å². The number of aromatic hydroxyl groups is 1. The van der Waals surface area contributed by atoms with Crippen LogP contribution in [0.4, 0.5) is 0 Å². The van der Waals surface area contributed by atoms with Gasteiger partial charge in [0.25, 0.3) is 0 Å². The Kier molecular flexibility index (Phi) is 5.20. The van der Waals surface area contributed by atoms with Gasteiger partial charge < -0.3 is 9.84 Å². The van der Waals surface area contributed by atoms with Crippen molar-refractivity contribution in [2.45, 2.75) is 50.9 Å². The van der Waals surface area contributed by atoms with E-state index in [9.17, 15) is 9.90 Å². The lowest BCUT2D eigenvalue weighted by Crippen LogP contribution is -2.32. The van der Waals surface area contributed by atoms with E-state index < -0.39 is 5.97 Å². The van der Waals surface area contributed by atoms with Gasteiger partial charge in [-0.2, -0.15) is 0 Å². The smallest absolute Gasteiger partial charge is 0.341 e. The maximum absolute atomic E-state index is 12.2. The average molecular weight is 364 g/mol. The van der Waals surface area contributed by atoms with Crippen LogP contribution < -0.4 is 0 Å². The third kappa shape index (κ3) is 3.47. The first-order valence-corrected chi connectivity index (χ1v) is 10.2. The summed E-state index contributed by atoms with van der Waals surface area (Å²) in [7, 11) is 1.36. The topological polar surface area (TPSA) is 46.5 Å². The number of esters is 1. The summed E-state index contributed by atoms with van der Waals surface area (Å²) in [5.74, 6) is 1.63. The van der Waals surface area contributed by atoms with Gasteiger partial charge in [-0.25, -0.2) is 4.79 Å². The molecule has 0 heterocycles. The first-order chi connectivity index (χ1) is 13.2. The monoisotopic (exact) mass is 364 g/mol. The Hall–Kier alpha value is -2.29. The maximum Gasteiger partial charge on any atom is 0.341 e. The molecule has 0 spiro atoms. The van der Waals surface area contributed by atoms with Crippen molar-refractivity contribution in [3.8, 4) is 5.75 Å². The summed E-state index contributed by atoms with van der Waals surface area (Å²) in [6, 6.07) is 14.2. The van der Waals surface area contributed by atoms with Crippen molar-refractivity contribution >= 4 is 5.97 Å². The highest BCUT2D eigenvalue weighted by Gasteiger charge is 2.37. The van der Waals surface area contributed by atoms with Gasteiger partial charge in [0.15, 0.2) is 0 Å². The number of hydrogen-bond acceptors (Lipinski definition) is 3. The second kappa shape index (κ2) is 7.75. The van der Waals surface area contributed by atoms with Gasteiger partial charge in [-0.3, -0.25) is 0 Å². The standard InChI is InChI=1S/C24H28O3/c1-27-24(26)23-16(9-6-12-22(23)25)13-14-21-19-10-4-2-7-17(19)15-18-8-3-5-11-20(18)21/h2,4,6-7,9-10,12,18,20-21,25H,3,5,8,11,13-15H2,1H3/t18-,20+,21+/m0/s1. The molecule has 0 amide bonds. The van der Waals surface area contributed by atoms with Gasteiger partial charge in [0, 0.05) is 0 Å². The van der Waals surface area contributed by atoms with Gasteiger partial charge >= 0.3 is 5.97 Å². The van der Waals surface area contributed by atoms with Crippen molar-refractivity contribution in [1.82, 2.24) is 0 Å². The molecule has 142 valence electrons. The lowest BCUT2D eigenvalue weighted by molar-refractivity contribution is 0.0596. The molecule has 0 aliphatic heterocycles. The number of phenols is 1. The number of fused-ring (bicyclic) bond motifs is 2. The van der Waals surface area contributed by atoms with Crippen molar-refractivity contribution in [2.24, 2.45) is 11.8 Å². The number of carbonyl (C=O) groups excluding carboxylic acids is 1. The van der Waals surface area contributed by atoms with E-state index in [4.69, 9.17) is 4.74 Å². The predicted octanol–water partition coefficient (Wildman–Crippen LogP) is 5.26. The van der Waals surface area contributed by atoms with E-state index in [2.05, 4.69) is 24.3 Å². The Morgan fingerprint density at radius 2 is 1.93 bits per heavy atom. The summed E-state index contributed by atoms with van der Waals surface area (Å²) in [6.45, 7) is 0. The largest absolute Gasteiger partial charge is 0.507 e. The third-order valence-electron chi connectivity index (χ3n) is 6.66. The van der Waals surface area contributed by atoms with E-state index in [1.54, 1.807) is 6.07 Å². The number of carbonyl (C=O) groups is 1. The Labute approximate surface area is 161 Å². The minimum atomic E-state index is -0.456. The Morgan fingerprint density at radius 1 is 1.11 bits per heavy atom. The molecule has 2 aromatic rings. The van der Waals surface area contributed by atoms with Gasteiger partial charge in [0.2, 0.25) is 0 Å². The minimum Gasteiger partial charge on any atom is -0.507 e. The summed E-state index contributed by atoms with van der Waals surface area (Å²) in [5.41, 5.74) is 4.22. The molecule has 0 radical (unpaired) electrons. The molecule has 0 unspecified atom stereocenters. The third-order valence-corrected chi connectivity index (χ3v) is 6.66. The molecular formula is C24H28O3. The van der Waals surface area contributed by atoms with Crippen LogP contribution in [0.15, 0.2) is 42.5 Å². The fourth-order valence-corrected chi connectivity index (χ4v) is 5.43. The van der Waals surface area contributed by atoms with Gasteiger partial charge in [0.05, 0.1) is 7.11 Å². The van der Waals surface area contributed by atoms with Gasteiger partial charge in [-0.05, 0) is 72.6 Å². The Bertz CT molecular complexity index is 826. The van der Waals surface area contributed by atoms with E-state index in [0.29, 0.717) is 11.5 Å². The quantitative estimate of drug-likeness (QED) is 0.753. The van der Waals surface area contributed by atoms with Crippen LogP contribution in [0, 0.1) is 11.8 Å². The molecular weight excluding hydrogens is 336 g/mol. The first kappa shape index (κ1) is 18.1. The molecule has 2 aromatic carbocycles. The molecule has 1 N–H and O–H groups in total. The number of methoxy groups -OCH3 is 1. The number of hydrogen-bond donors (Lipinski definition) is 1. The second-order valence-electron chi connectivity index (χ2n) is 8.06. The predicted molar refractivity (Wildman–Crippen MR) is 106 cm³/mol. The summed E-state index contributed by atoms with van der Waals surface area (Å²) >= 11 is 0. The number of aryl methyl sites for hydroxylation is 1. The number of phenolic OH excluding ortho intramolecular Hbond substituents is 1. The van der Waals surface area contributed by atoms with Crippen molar-refractivity contribution in [3.05, 3.63) is 64.7 Å². The molecule has 2 aliphatic rings. The van der Waals surface area contributed by atoms with Crippen molar-refractivity contribution in [2.75, 3.05) is 7.11 Å². The molecule has 27 heavy (non-hydrogen) atoms. The zero-order valence-electron chi connectivity index (χ0n) is 16.0. The van der Waals surface area contributed by atoms with E-state index in [1.807, 2.05) is 12.1 Å². The lowest BCUT2D eigenvalue weighted by Gasteiger charge is -2.43.